The standard InChI is InChI=1S/C21H26N4O2/c1-16-6-5-7-17(12-16)21(8-3-4-9-21)20(27)24-10-11-25(19(26)15-24)18-13-22-23(2)14-18/h5-7,12-14H,3-4,8-11,15H2,1-2H3. The number of rotatable bonds is 3. The van der Waals surface area contributed by atoms with Crippen LogP contribution >= 0.6 is 0 Å². The highest BCUT2D eigenvalue weighted by Crippen LogP contribution is 2.43. The summed E-state index contributed by atoms with van der Waals surface area (Å²) in [6.07, 6.45) is 7.38. The van der Waals surface area contributed by atoms with Crippen LogP contribution in [-0.2, 0) is 22.1 Å². The van der Waals surface area contributed by atoms with E-state index in [0.717, 1.165) is 36.9 Å². The normalized spacial score (nSPS) is 19.6. The van der Waals surface area contributed by atoms with Crippen LogP contribution in [0.15, 0.2) is 36.7 Å². The number of aryl methyl sites for hydroxylation is 2. The Morgan fingerprint density at radius 1 is 1.19 bits per heavy atom. The monoisotopic (exact) mass is 366 g/mol. The predicted octanol–water partition coefficient (Wildman–Crippen LogP) is 2.42. The summed E-state index contributed by atoms with van der Waals surface area (Å²) in [5.41, 5.74) is 2.60. The highest BCUT2D eigenvalue weighted by Gasteiger charge is 2.46. The van der Waals surface area contributed by atoms with Crippen molar-refractivity contribution in [3.05, 3.63) is 47.8 Å². The van der Waals surface area contributed by atoms with E-state index in [2.05, 4.69) is 30.2 Å². The minimum atomic E-state index is -0.469. The fourth-order valence-electron chi connectivity index (χ4n) is 4.52. The van der Waals surface area contributed by atoms with Crippen LogP contribution < -0.4 is 4.90 Å². The van der Waals surface area contributed by atoms with Crippen molar-refractivity contribution in [1.29, 1.82) is 0 Å². The minimum Gasteiger partial charge on any atom is -0.331 e. The molecule has 0 spiro atoms. The number of hydrogen-bond acceptors (Lipinski definition) is 3. The Morgan fingerprint density at radius 2 is 1.96 bits per heavy atom. The molecule has 142 valence electrons. The van der Waals surface area contributed by atoms with Crippen molar-refractivity contribution in [2.45, 2.75) is 38.0 Å². The Morgan fingerprint density at radius 3 is 2.59 bits per heavy atom. The maximum atomic E-state index is 13.6. The van der Waals surface area contributed by atoms with Gasteiger partial charge in [0, 0.05) is 26.3 Å². The lowest BCUT2D eigenvalue weighted by Gasteiger charge is -2.39. The molecular formula is C21H26N4O2. The number of benzene rings is 1. The van der Waals surface area contributed by atoms with Gasteiger partial charge in [0.2, 0.25) is 11.8 Å². The summed E-state index contributed by atoms with van der Waals surface area (Å²) in [6, 6.07) is 8.30. The van der Waals surface area contributed by atoms with Crippen molar-refractivity contribution in [2.24, 2.45) is 7.05 Å². The van der Waals surface area contributed by atoms with E-state index < -0.39 is 5.41 Å². The van der Waals surface area contributed by atoms with Crippen LogP contribution in [0.2, 0.25) is 0 Å². The zero-order valence-corrected chi connectivity index (χ0v) is 16.0. The number of carbonyl (C=O) groups excluding carboxylic acids is 2. The summed E-state index contributed by atoms with van der Waals surface area (Å²) >= 11 is 0. The molecule has 1 aliphatic heterocycles. The second-order valence-electron chi connectivity index (χ2n) is 7.80. The molecule has 0 unspecified atom stereocenters. The quantitative estimate of drug-likeness (QED) is 0.838. The van der Waals surface area contributed by atoms with Gasteiger partial charge in [0.05, 0.1) is 17.3 Å². The maximum absolute atomic E-state index is 13.6. The van der Waals surface area contributed by atoms with E-state index in [-0.39, 0.29) is 18.4 Å². The fraction of sp³-hybridized carbons (Fsp3) is 0.476. The van der Waals surface area contributed by atoms with E-state index in [1.54, 1.807) is 20.7 Å². The first-order valence-corrected chi connectivity index (χ1v) is 9.65. The molecule has 0 atom stereocenters. The lowest BCUT2D eigenvalue weighted by atomic mass is 9.77. The van der Waals surface area contributed by atoms with Gasteiger partial charge < -0.3 is 9.80 Å². The predicted molar refractivity (Wildman–Crippen MR) is 103 cm³/mol. The summed E-state index contributed by atoms with van der Waals surface area (Å²) in [6.45, 7) is 3.28. The van der Waals surface area contributed by atoms with Crippen molar-refractivity contribution in [2.75, 3.05) is 24.5 Å². The van der Waals surface area contributed by atoms with Gasteiger partial charge in [-0.2, -0.15) is 5.10 Å². The zero-order valence-electron chi connectivity index (χ0n) is 16.0. The molecule has 1 aromatic carbocycles. The first-order valence-electron chi connectivity index (χ1n) is 9.65. The summed E-state index contributed by atoms with van der Waals surface area (Å²) in [5.74, 6) is 0.0739. The largest absolute Gasteiger partial charge is 0.331 e. The molecule has 2 amide bonds. The molecule has 0 N–H and O–H groups in total. The number of aromatic nitrogens is 2. The zero-order chi connectivity index (χ0) is 19.0. The smallest absolute Gasteiger partial charge is 0.246 e. The van der Waals surface area contributed by atoms with Crippen LogP contribution in [0.1, 0.15) is 36.8 Å². The van der Waals surface area contributed by atoms with E-state index in [4.69, 9.17) is 0 Å². The molecule has 1 saturated carbocycles. The first-order chi connectivity index (χ1) is 13.0. The van der Waals surface area contributed by atoms with Gasteiger partial charge in [0.25, 0.3) is 0 Å². The van der Waals surface area contributed by atoms with Crippen molar-refractivity contribution in [3.63, 3.8) is 0 Å². The van der Waals surface area contributed by atoms with Crippen molar-refractivity contribution in [1.82, 2.24) is 14.7 Å². The Labute approximate surface area is 159 Å². The Kier molecular flexibility index (Phi) is 4.50. The Hall–Kier alpha value is -2.63. The van der Waals surface area contributed by atoms with E-state index in [1.165, 1.54) is 5.56 Å². The van der Waals surface area contributed by atoms with Gasteiger partial charge in [0.1, 0.15) is 6.54 Å². The summed E-state index contributed by atoms with van der Waals surface area (Å²) < 4.78 is 1.69. The molecule has 0 bridgehead atoms. The number of amides is 2. The highest BCUT2D eigenvalue weighted by molar-refractivity contribution is 5.99. The highest BCUT2D eigenvalue weighted by atomic mass is 16.2. The molecule has 1 aromatic heterocycles. The van der Waals surface area contributed by atoms with Crippen molar-refractivity contribution >= 4 is 17.5 Å². The van der Waals surface area contributed by atoms with Crippen LogP contribution in [-0.4, -0.2) is 46.1 Å². The summed E-state index contributed by atoms with van der Waals surface area (Å²) in [4.78, 5) is 29.8. The third-order valence-corrected chi connectivity index (χ3v) is 5.95. The van der Waals surface area contributed by atoms with Crippen LogP contribution in [0.3, 0.4) is 0 Å². The summed E-state index contributed by atoms with van der Waals surface area (Å²) in [7, 11) is 1.83. The third-order valence-electron chi connectivity index (χ3n) is 5.95. The van der Waals surface area contributed by atoms with Gasteiger partial charge >= 0.3 is 0 Å². The number of anilines is 1. The van der Waals surface area contributed by atoms with Gasteiger partial charge in [-0.3, -0.25) is 14.3 Å². The van der Waals surface area contributed by atoms with Crippen molar-refractivity contribution < 1.29 is 9.59 Å². The summed E-state index contributed by atoms with van der Waals surface area (Å²) in [5, 5.41) is 4.14. The molecule has 1 saturated heterocycles. The number of carbonyl (C=O) groups is 2. The van der Waals surface area contributed by atoms with Gasteiger partial charge in [-0.05, 0) is 25.3 Å². The molecule has 2 heterocycles. The molecular weight excluding hydrogens is 340 g/mol. The molecule has 2 aliphatic rings. The molecule has 27 heavy (non-hydrogen) atoms. The molecule has 6 heteroatoms. The maximum Gasteiger partial charge on any atom is 0.246 e. The van der Waals surface area contributed by atoms with E-state index in [0.29, 0.717) is 13.1 Å². The SMILES string of the molecule is Cc1cccc(C2(C(=O)N3CCN(c4cnn(C)c4)C(=O)C3)CCCC2)c1. The number of nitrogens with zero attached hydrogens (tertiary/aromatic N) is 4. The third kappa shape index (κ3) is 3.13. The Bertz CT molecular complexity index is 867. The van der Waals surface area contributed by atoms with E-state index >= 15 is 0 Å². The fourth-order valence-corrected chi connectivity index (χ4v) is 4.52. The van der Waals surface area contributed by atoms with Crippen LogP contribution in [0.25, 0.3) is 0 Å². The van der Waals surface area contributed by atoms with Gasteiger partial charge in [0.15, 0.2) is 0 Å². The van der Waals surface area contributed by atoms with Crippen LogP contribution in [0, 0.1) is 6.92 Å². The second kappa shape index (κ2) is 6.83. The van der Waals surface area contributed by atoms with E-state index in [9.17, 15) is 9.59 Å². The minimum absolute atomic E-state index is 0.0417. The topological polar surface area (TPSA) is 58.4 Å². The molecule has 4 rings (SSSR count). The Balaban J connectivity index is 1.56. The van der Waals surface area contributed by atoms with Crippen LogP contribution in [0.4, 0.5) is 5.69 Å². The number of hydrogen-bond donors (Lipinski definition) is 0. The lowest BCUT2D eigenvalue weighted by Crippen LogP contribution is -2.56. The average Bonchev–Trinajstić information content (AvgIpc) is 3.31. The molecule has 0 radical (unpaired) electrons. The molecule has 2 fully saturated rings. The van der Waals surface area contributed by atoms with Gasteiger partial charge in [-0.15, -0.1) is 0 Å². The van der Waals surface area contributed by atoms with E-state index in [1.807, 2.05) is 19.3 Å². The molecule has 1 aliphatic carbocycles. The lowest BCUT2D eigenvalue weighted by molar-refractivity contribution is -0.141. The first kappa shape index (κ1) is 17.8. The van der Waals surface area contributed by atoms with Gasteiger partial charge in [-0.1, -0.05) is 42.7 Å². The average molecular weight is 366 g/mol. The van der Waals surface area contributed by atoms with Gasteiger partial charge in [-0.25, -0.2) is 0 Å². The van der Waals surface area contributed by atoms with Crippen LogP contribution in [0.5, 0.6) is 0 Å². The number of piperazine rings is 1. The molecule has 6 nitrogen and oxygen atoms in total. The molecule has 2 aromatic rings. The van der Waals surface area contributed by atoms with Crippen molar-refractivity contribution in [3.8, 4) is 0 Å². The second-order valence-corrected chi connectivity index (χ2v) is 7.80.